The first-order valence-corrected chi connectivity index (χ1v) is 7.39. The lowest BCUT2D eigenvalue weighted by molar-refractivity contribution is -0.118. The van der Waals surface area contributed by atoms with Crippen molar-refractivity contribution in [3.8, 4) is 0 Å². The maximum Gasteiger partial charge on any atom is 0.230 e. The van der Waals surface area contributed by atoms with E-state index in [0.29, 0.717) is 17.8 Å². The fraction of sp³-hybridized carbons (Fsp3) is 0.200. The Bertz CT molecular complexity index is 649. The van der Waals surface area contributed by atoms with Gasteiger partial charge in [0.25, 0.3) is 0 Å². The molecule has 1 aromatic carbocycles. The van der Waals surface area contributed by atoms with Gasteiger partial charge in [0.2, 0.25) is 5.91 Å². The number of aromatic nitrogens is 1. The molecule has 0 unspecified atom stereocenters. The number of nitrogens with one attached hydrogen (secondary N) is 1. The predicted octanol–water partition coefficient (Wildman–Crippen LogP) is 2.52. The lowest BCUT2D eigenvalue weighted by Crippen LogP contribution is -2.24. The molecule has 0 atom stereocenters. The molecule has 1 amide bonds. The number of carbonyl (C=O) groups is 1. The smallest absolute Gasteiger partial charge is 0.230 e. The second kappa shape index (κ2) is 7.08. The first-order valence-electron chi connectivity index (χ1n) is 6.40. The molecule has 4 nitrogen and oxygen atoms in total. The number of anilines is 1. The highest BCUT2D eigenvalue weighted by Gasteiger charge is 2.06. The van der Waals surface area contributed by atoms with Gasteiger partial charge in [0, 0.05) is 17.6 Å². The molecule has 6 heteroatoms. The topological polar surface area (TPSA) is 68.0 Å². The highest BCUT2D eigenvalue weighted by molar-refractivity contribution is 8.00. The van der Waals surface area contributed by atoms with Gasteiger partial charge in [-0.1, -0.05) is 12.1 Å². The van der Waals surface area contributed by atoms with Crippen LogP contribution in [0.1, 0.15) is 11.1 Å². The molecular weight excluding hydrogens is 289 g/mol. The van der Waals surface area contributed by atoms with Gasteiger partial charge in [-0.05, 0) is 30.2 Å². The van der Waals surface area contributed by atoms with E-state index in [1.807, 2.05) is 0 Å². The van der Waals surface area contributed by atoms with Gasteiger partial charge in [-0.2, -0.15) is 0 Å². The molecule has 0 aliphatic rings. The first-order chi connectivity index (χ1) is 10.1. The summed E-state index contributed by atoms with van der Waals surface area (Å²) < 4.78 is 13.1. The Balaban J connectivity index is 1.82. The maximum absolute atomic E-state index is 13.1. The minimum absolute atomic E-state index is 0.0989. The number of hydrogen-bond donors (Lipinski definition) is 2. The normalized spacial score (nSPS) is 10.4. The van der Waals surface area contributed by atoms with Crippen molar-refractivity contribution in [1.29, 1.82) is 0 Å². The van der Waals surface area contributed by atoms with Gasteiger partial charge >= 0.3 is 0 Å². The fourth-order valence-corrected chi connectivity index (χ4v) is 2.50. The van der Waals surface area contributed by atoms with Crippen molar-refractivity contribution in [2.45, 2.75) is 18.4 Å². The number of carbonyl (C=O) groups excluding carboxylic acids is 1. The summed E-state index contributed by atoms with van der Waals surface area (Å²) in [5.41, 5.74) is 7.75. The van der Waals surface area contributed by atoms with E-state index in [1.165, 1.54) is 17.8 Å². The van der Waals surface area contributed by atoms with Crippen molar-refractivity contribution >= 4 is 23.4 Å². The number of nitrogens with zero attached hydrogens (tertiary/aromatic N) is 1. The van der Waals surface area contributed by atoms with E-state index in [9.17, 15) is 9.18 Å². The number of pyridine rings is 1. The molecule has 0 bridgehead atoms. The monoisotopic (exact) mass is 305 g/mol. The molecule has 0 fully saturated rings. The van der Waals surface area contributed by atoms with Crippen LogP contribution >= 0.6 is 11.8 Å². The van der Waals surface area contributed by atoms with Crippen molar-refractivity contribution in [2.24, 2.45) is 0 Å². The summed E-state index contributed by atoms with van der Waals surface area (Å²) in [6.07, 6.45) is 3.19. The van der Waals surface area contributed by atoms with E-state index in [0.717, 1.165) is 10.5 Å². The Kier molecular flexibility index (Phi) is 5.16. The Morgan fingerprint density at radius 2 is 2.24 bits per heavy atom. The van der Waals surface area contributed by atoms with Crippen molar-refractivity contribution in [3.05, 3.63) is 53.6 Å². The second-order valence-corrected chi connectivity index (χ2v) is 5.58. The highest BCUT2D eigenvalue weighted by Crippen LogP contribution is 2.22. The van der Waals surface area contributed by atoms with E-state index in [2.05, 4.69) is 10.3 Å². The number of amides is 1. The largest absolute Gasteiger partial charge is 0.397 e. The number of thioether (sulfide) groups is 1. The molecule has 0 radical (unpaired) electrons. The Hall–Kier alpha value is -2.08. The summed E-state index contributed by atoms with van der Waals surface area (Å²) in [6, 6.07) is 6.57. The molecular formula is C15H16FN3OS. The molecule has 3 N–H and O–H groups in total. The minimum Gasteiger partial charge on any atom is -0.397 e. The van der Waals surface area contributed by atoms with E-state index in [1.54, 1.807) is 37.5 Å². The van der Waals surface area contributed by atoms with Gasteiger partial charge < -0.3 is 11.1 Å². The van der Waals surface area contributed by atoms with E-state index >= 15 is 0 Å². The molecule has 0 aliphatic heterocycles. The number of hydrogen-bond acceptors (Lipinski definition) is 4. The summed E-state index contributed by atoms with van der Waals surface area (Å²) in [5, 5.41) is 2.80. The van der Waals surface area contributed by atoms with Crippen LogP contribution in [-0.2, 0) is 11.3 Å². The van der Waals surface area contributed by atoms with Crippen LogP contribution in [0.15, 0.2) is 41.6 Å². The molecule has 1 heterocycles. The highest BCUT2D eigenvalue weighted by atomic mass is 32.2. The molecule has 110 valence electrons. The zero-order chi connectivity index (χ0) is 15.2. The van der Waals surface area contributed by atoms with Gasteiger partial charge in [-0.15, -0.1) is 11.8 Å². The number of nitrogen functional groups attached to an aromatic ring is 1. The number of aryl methyl sites for hydroxylation is 1. The quantitative estimate of drug-likeness (QED) is 0.833. The Labute approximate surface area is 127 Å². The Morgan fingerprint density at radius 1 is 1.43 bits per heavy atom. The zero-order valence-corrected chi connectivity index (χ0v) is 12.4. The van der Waals surface area contributed by atoms with Crippen molar-refractivity contribution in [2.75, 3.05) is 11.5 Å². The first kappa shape index (κ1) is 15.3. The number of rotatable bonds is 5. The van der Waals surface area contributed by atoms with E-state index < -0.39 is 0 Å². The van der Waals surface area contributed by atoms with E-state index in [-0.39, 0.29) is 17.5 Å². The van der Waals surface area contributed by atoms with Crippen LogP contribution in [0.2, 0.25) is 0 Å². The zero-order valence-electron chi connectivity index (χ0n) is 11.6. The SMILES string of the molecule is Cc1cc(CNC(=O)CSc2ccncc2N)ccc1F. The molecule has 0 aliphatic carbocycles. The van der Waals surface area contributed by atoms with Gasteiger partial charge in [0.05, 0.1) is 17.6 Å². The van der Waals surface area contributed by atoms with Crippen LogP contribution < -0.4 is 11.1 Å². The van der Waals surface area contributed by atoms with Crippen LogP contribution in [0.25, 0.3) is 0 Å². The van der Waals surface area contributed by atoms with Crippen LogP contribution in [0.3, 0.4) is 0 Å². The average molecular weight is 305 g/mol. The third-order valence-corrected chi connectivity index (χ3v) is 3.97. The summed E-state index contributed by atoms with van der Waals surface area (Å²) in [6.45, 7) is 2.08. The average Bonchev–Trinajstić information content (AvgIpc) is 2.47. The van der Waals surface area contributed by atoms with Crippen molar-refractivity contribution in [1.82, 2.24) is 10.3 Å². The fourth-order valence-electron chi connectivity index (χ4n) is 1.74. The molecule has 0 saturated heterocycles. The van der Waals surface area contributed by atoms with Gasteiger partial charge in [0.15, 0.2) is 0 Å². The molecule has 0 spiro atoms. The lowest BCUT2D eigenvalue weighted by Gasteiger charge is -2.07. The van der Waals surface area contributed by atoms with Crippen LogP contribution in [0.5, 0.6) is 0 Å². The van der Waals surface area contributed by atoms with Gasteiger partial charge in [-0.25, -0.2) is 4.39 Å². The van der Waals surface area contributed by atoms with E-state index in [4.69, 9.17) is 5.73 Å². The van der Waals surface area contributed by atoms with Gasteiger partial charge in [-0.3, -0.25) is 9.78 Å². The third-order valence-electron chi connectivity index (χ3n) is 2.88. The molecule has 2 aromatic rings. The predicted molar refractivity (Wildman–Crippen MR) is 82.4 cm³/mol. The Morgan fingerprint density at radius 3 is 2.95 bits per heavy atom. The lowest BCUT2D eigenvalue weighted by atomic mass is 10.1. The summed E-state index contributed by atoms with van der Waals surface area (Å²) in [5.74, 6) is -0.0685. The summed E-state index contributed by atoms with van der Waals surface area (Å²) in [4.78, 5) is 16.5. The van der Waals surface area contributed by atoms with Gasteiger partial charge in [0.1, 0.15) is 5.82 Å². The second-order valence-electron chi connectivity index (χ2n) is 4.56. The standard InChI is InChI=1S/C15H16FN3OS/c1-10-6-11(2-3-12(10)16)7-19-15(20)9-21-14-4-5-18-8-13(14)17/h2-6,8H,7,9,17H2,1H3,(H,19,20). The summed E-state index contributed by atoms with van der Waals surface area (Å²) in [7, 11) is 0. The molecule has 0 saturated carbocycles. The van der Waals surface area contributed by atoms with Crippen LogP contribution in [0.4, 0.5) is 10.1 Å². The van der Waals surface area contributed by atoms with Crippen LogP contribution in [-0.4, -0.2) is 16.6 Å². The molecule has 1 aromatic heterocycles. The van der Waals surface area contributed by atoms with Crippen molar-refractivity contribution < 1.29 is 9.18 Å². The maximum atomic E-state index is 13.1. The summed E-state index contributed by atoms with van der Waals surface area (Å²) >= 11 is 1.36. The number of nitrogens with two attached hydrogens (primary N) is 1. The number of benzene rings is 1. The number of halogens is 1. The third kappa shape index (κ3) is 4.46. The molecule has 2 rings (SSSR count). The minimum atomic E-state index is -0.242. The van der Waals surface area contributed by atoms with Crippen LogP contribution in [0, 0.1) is 12.7 Å². The van der Waals surface area contributed by atoms with Crippen molar-refractivity contribution in [3.63, 3.8) is 0 Å². The molecule has 21 heavy (non-hydrogen) atoms.